The van der Waals surface area contributed by atoms with Crippen molar-refractivity contribution in [1.29, 1.82) is 5.26 Å². The fourth-order valence-corrected chi connectivity index (χ4v) is 2.59. The van der Waals surface area contributed by atoms with Gasteiger partial charge in [0.05, 0.1) is 0 Å². The zero-order chi connectivity index (χ0) is 15.6. The Morgan fingerprint density at radius 1 is 1.38 bits per heavy atom. The first kappa shape index (κ1) is 15.3. The van der Waals surface area contributed by atoms with Gasteiger partial charge < -0.3 is 4.90 Å². The Kier molecular flexibility index (Phi) is 4.18. The van der Waals surface area contributed by atoms with E-state index in [2.05, 4.69) is 31.2 Å². The minimum absolute atomic E-state index is 0.107. The fraction of sp³-hybridized carbons (Fsp3) is 0.444. The molecule has 0 radical (unpaired) electrons. The van der Waals surface area contributed by atoms with E-state index in [0.29, 0.717) is 0 Å². The van der Waals surface area contributed by atoms with Crippen molar-refractivity contribution in [1.82, 2.24) is 0 Å². The van der Waals surface area contributed by atoms with Gasteiger partial charge >= 0.3 is 0 Å². The predicted molar refractivity (Wildman–Crippen MR) is 85.0 cm³/mol. The zero-order valence-corrected chi connectivity index (χ0v) is 13.2. The molecule has 0 N–H and O–H groups in total. The van der Waals surface area contributed by atoms with Gasteiger partial charge in [0.1, 0.15) is 11.6 Å². The smallest absolute Gasteiger partial charge is 0.180 e. The Morgan fingerprint density at radius 3 is 2.71 bits per heavy atom. The number of nitriles is 1. The molecule has 0 aromatic heterocycles. The topological polar surface area (TPSA) is 44.1 Å². The first-order chi connectivity index (χ1) is 9.82. The quantitative estimate of drug-likeness (QED) is 0.612. The summed E-state index contributed by atoms with van der Waals surface area (Å²) >= 11 is 0. The van der Waals surface area contributed by atoms with Crippen LogP contribution < -0.4 is 4.90 Å². The maximum absolute atomic E-state index is 12.3. The normalized spacial score (nSPS) is 15.4. The molecule has 0 saturated carbocycles. The number of hydrogen-bond acceptors (Lipinski definition) is 3. The highest BCUT2D eigenvalue weighted by Gasteiger charge is 2.26. The van der Waals surface area contributed by atoms with E-state index in [-0.39, 0.29) is 11.4 Å². The summed E-state index contributed by atoms with van der Waals surface area (Å²) in [4.78, 5) is 14.4. The molecule has 1 heterocycles. The van der Waals surface area contributed by atoms with Gasteiger partial charge in [0.2, 0.25) is 0 Å². The second kappa shape index (κ2) is 5.73. The average molecular weight is 282 g/mol. The summed E-state index contributed by atoms with van der Waals surface area (Å²) in [5.41, 5.74) is 3.34. The Labute approximate surface area is 126 Å². The molecular formula is C18H22N2O. The van der Waals surface area contributed by atoms with Gasteiger partial charge in [-0.3, -0.25) is 4.79 Å². The third-order valence-electron chi connectivity index (χ3n) is 3.72. The molecule has 1 aromatic rings. The van der Waals surface area contributed by atoms with E-state index in [1.165, 1.54) is 11.1 Å². The largest absolute Gasteiger partial charge is 0.346 e. The second-order valence-corrected chi connectivity index (χ2v) is 6.66. The molecule has 0 amide bonds. The van der Waals surface area contributed by atoms with Crippen LogP contribution in [0.25, 0.3) is 0 Å². The second-order valence-electron chi connectivity index (χ2n) is 6.66. The molecule has 0 unspecified atom stereocenters. The number of nitrogens with zero attached hydrogens (tertiary/aromatic N) is 2. The highest BCUT2D eigenvalue weighted by atomic mass is 16.1. The van der Waals surface area contributed by atoms with Gasteiger partial charge in [-0.15, -0.1) is 0 Å². The van der Waals surface area contributed by atoms with Crippen LogP contribution in [0.4, 0.5) is 5.69 Å². The van der Waals surface area contributed by atoms with Crippen molar-refractivity contribution in [2.75, 3.05) is 11.4 Å². The van der Waals surface area contributed by atoms with Crippen LogP contribution in [0.1, 0.15) is 38.3 Å². The monoisotopic (exact) mass is 282 g/mol. The van der Waals surface area contributed by atoms with E-state index in [0.717, 1.165) is 25.1 Å². The van der Waals surface area contributed by atoms with E-state index in [4.69, 9.17) is 0 Å². The number of rotatable bonds is 2. The number of carbonyl (C=O) groups is 1. The third-order valence-corrected chi connectivity index (χ3v) is 3.72. The van der Waals surface area contributed by atoms with E-state index in [9.17, 15) is 10.1 Å². The number of benzene rings is 1. The van der Waals surface area contributed by atoms with Gasteiger partial charge in [-0.2, -0.15) is 5.26 Å². The maximum Gasteiger partial charge on any atom is 0.180 e. The summed E-state index contributed by atoms with van der Waals surface area (Å²) in [5.74, 6) is -0.107. The van der Waals surface area contributed by atoms with Crippen LogP contribution in [0.5, 0.6) is 0 Å². The van der Waals surface area contributed by atoms with Crippen molar-refractivity contribution in [2.45, 2.75) is 40.5 Å². The summed E-state index contributed by atoms with van der Waals surface area (Å²) in [6.45, 7) is 8.45. The van der Waals surface area contributed by atoms with Crippen molar-refractivity contribution in [3.05, 3.63) is 41.1 Å². The highest BCUT2D eigenvalue weighted by Crippen LogP contribution is 2.29. The molecule has 1 aliphatic rings. The summed E-state index contributed by atoms with van der Waals surface area (Å²) in [6, 6.07) is 8.41. The lowest BCUT2D eigenvalue weighted by molar-refractivity contribution is -0.122. The Balaban J connectivity index is 2.38. The number of anilines is 1. The van der Waals surface area contributed by atoms with E-state index >= 15 is 0 Å². The molecule has 21 heavy (non-hydrogen) atoms. The summed E-state index contributed by atoms with van der Waals surface area (Å²) in [5, 5.41) is 9.32. The SMILES string of the molecule is Cc1ccc2c(c1)CCCN2/C=C(\C#N)C(=O)C(C)(C)C. The average Bonchev–Trinajstić information content (AvgIpc) is 2.42. The number of aryl methyl sites for hydroxylation is 2. The number of fused-ring (bicyclic) bond motifs is 1. The lowest BCUT2D eigenvalue weighted by Gasteiger charge is -2.29. The van der Waals surface area contributed by atoms with Crippen LogP contribution in [0.2, 0.25) is 0 Å². The first-order valence-electron chi connectivity index (χ1n) is 7.36. The molecule has 3 nitrogen and oxygen atoms in total. The molecule has 0 fully saturated rings. The third kappa shape index (κ3) is 3.33. The molecule has 110 valence electrons. The van der Waals surface area contributed by atoms with Crippen LogP contribution >= 0.6 is 0 Å². The predicted octanol–water partition coefficient (Wildman–Crippen LogP) is 3.77. The number of hydrogen-bond donors (Lipinski definition) is 0. The van der Waals surface area contributed by atoms with Crippen molar-refractivity contribution in [3.8, 4) is 6.07 Å². The molecular weight excluding hydrogens is 260 g/mol. The molecule has 2 rings (SSSR count). The van der Waals surface area contributed by atoms with Gasteiger partial charge in [0, 0.05) is 23.8 Å². The van der Waals surface area contributed by atoms with Crippen LogP contribution in [0.15, 0.2) is 30.0 Å². The summed E-state index contributed by atoms with van der Waals surface area (Å²) in [6.07, 6.45) is 3.81. The minimum Gasteiger partial charge on any atom is -0.346 e. The van der Waals surface area contributed by atoms with Gasteiger partial charge in [0.25, 0.3) is 0 Å². The molecule has 0 aliphatic carbocycles. The van der Waals surface area contributed by atoms with Gasteiger partial charge in [-0.1, -0.05) is 38.5 Å². The van der Waals surface area contributed by atoms with Crippen molar-refractivity contribution in [3.63, 3.8) is 0 Å². The van der Waals surface area contributed by atoms with Gasteiger partial charge in [-0.05, 0) is 31.4 Å². The van der Waals surface area contributed by atoms with Crippen LogP contribution in [-0.2, 0) is 11.2 Å². The standard InChI is InChI=1S/C18H22N2O/c1-13-7-8-16-14(10-13)6-5-9-20(16)12-15(11-19)17(21)18(2,3)4/h7-8,10,12H,5-6,9H2,1-4H3/b15-12+. The van der Waals surface area contributed by atoms with E-state index in [1.807, 2.05) is 25.7 Å². The van der Waals surface area contributed by atoms with E-state index < -0.39 is 5.41 Å². The van der Waals surface area contributed by atoms with Crippen molar-refractivity contribution >= 4 is 11.5 Å². The van der Waals surface area contributed by atoms with Crippen LogP contribution in [0, 0.1) is 23.7 Å². The number of carbonyl (C=O) groups excluding carboxylic acids is 1. The number of allylic oxidation sites excluding steroid dienone is 1. The van der Waals surface area contributed by atoms with Gasteiger partial charge in [-0.25, -0.2) is 0 Å². The van der Waals surface area contributed by atoms with Gasteiger partial charge in [0.15, 0.2) is 5.78 Å². The Morgan fingerprint density at radius 2 is 2.10 bits per heavy atom. The lowest BCUT2D eigenvalue weighted by atomic mass is 9.87. The Hall–Kier alpha value is -2.08. The molecule has 1 aromatic carbocycles. The molecule has 0 spiro atoms. The fourth-order valence-electron chi connectivity index (χ4n) is 2.59. The Bertz CT molecular complexity index is 630. The molecule has 0 atom stereocenters. The minimum atomic E-state index is -0.534. The van der Waals surface area contributed by atoms with Crippen LogP contribution in [0.3, 0.4) is 0 Å². The summed E-state index contributed by atoms with van der Waals surface area (Å²) < 4.78 is 0. The van der Waals surface area contributed by atoms with Crippen molar-refractivity contribution < 1.29 is 4.79 Å². The van der Waals surface area contributed by atoms with E-state index in [1.54, 1.807) is 6.20 Å². The number of ketones is 1. The van der Waals surface area contributed by atoms with Crippen molar-refractivity contribution in [2.24, 2.45) is 5.41 Å². The highest BCUT2D eigenvalue weighted by molar-refractivity contribution is 6.02. The number of Topliss-reactive ketones (excluding diaryl/α,β-unsaturated/α-hetero) is 1. The first-order valence-corrected chi connectivity index (χ1v) is 7.36. The molecule has 3 heteroatoms. The molecule has 0 saturated heterocycles. The maximum atomic E-state index is 12.3. The zero-order valence-electron chi connectivity index (χ0n) is 13.2. The van der Waals surface area contributed by atoms with Crippen LogP contribution in [-0.4, -0.2) is 12.3 Å². The molecule has 1 aliphatic heterocycles. The molecule has 0 bridgehead atoms. The lowest BCUT2D eigenvalue weighted by Crippen LogP contribution is -2.27. The summed E-state index contributed by atoms with van der Waals surface area (Å²) in [7, 11) is 0.